The molecule has 29 heavy (non-hydrogen) atoms. The number of aromatic amines is 1. The standard InChI is InChI=1S/C21H17N3O5/c25-19(22-14-8-9-17-15(12-14)24-21(27)29-17)16(11-13-5-2-1-3-6-13)23-20(26)18-7-4-10-28-18/h1-10,12,16H,11H2,(H,22,25)(H,23,26)(H,24,27). The van der Waals surface area contributed by atoms with Gasteiger partial charge in [-0.25, -0.2) is 4.79 Å². The zero-order chi connectivity index (χ0) is 20.2. The van der Waals surface area contributed by atoms with Gasteiger partial charge < -0.3 is 19.5 Å². The minimum absolute atomic E-state index is 0.119. The molecule has 0 spiro atoms. The Balaban J connectivity index is 1.55. The van der Waals surface area contributed by atoms with Crippen LogP contribution in [0.5, 0.6) is 0 Å². The first kappa shape index (κ1) is 18.3. The van der Waals surface area contributed by atoms with Crippen LogP contribution in [-0.2, 0) is 11.2 Å². The highest BCUT2D eigenvalue weighted by atomic mass is 16.4. The molecular formula is C21H17N3O5. The molecule has 2 aromatic heterocycles. The Morgan fingerprint density at radius 3 is 2.62 bits per heavy atom. The van der Waals surface area contributed by atoms with Gasteiger partial charge in [0.25, 0.3) is 5.91 Å². The van der Waals surface area contributed by atoms with Crippen molar-refractivity contribution < 1.29 is 18.4 Å². The van der Waals surface area contributed by atoms with Crippen molar-refractivity contribution in [2.75, 3.05) is 5.32 Å². The maximum Gasteiger partial charge on any atom is 0.417 e. The third-order valence-corrected chi connectivity index (χ3v) is 4.34. The molecule has 2 amide bonds. The van der Waals surface area contributed by atoms with Gasteiger partial charge in [0.1, 0.15) is 6.04 Å². The van der Waals surface area contributed by atoms with Crippen molar-refractivity contribution in [2.45, 2.75) is 12.5 Å². The van der Waals surface area contributed by atoms with E-state index < -0.39 is 23.6 Å². The Kier molecular flexibility index (Phi) is 4.98. The second-order valence-electron chi connectivity index (χ2n) is 6.41. The number of anilines is 1. The molecule has 0 aliphatic carbocycles. The summed E-state index contributed by atoms with van der Waals surface area (Å²) < 4.78 is 10.1. The van der Waals surface area contributed by atoms with E-state index >= 15 is 0 Å². The Bertz CT molecular complexity index is 1190. The molecule has 0 aliphatic rings. The zero-order valence-corrected chi connectivity index (χ0v) is 15.2. The lowest BCUT2D eigenvalue weighted by Gasteiger charge is -2.18. The topological polar surface area (TPSA) is 117 Å². The maximum absolute atomic E-state index is 12.9. The number of hydrogen-bond donors (Lipinski definition) is 3. The highest BCUT2D eigenvalue weighted by molar-refractivity contribution is 6.00. The minimum atomic E-state index is -0.839. The highest BCUT2D eigenvalue weighted by Gasteiger charge is 2.23. The van der Waals surface area contributed by atoms with Crippen molar-refractivity contribution in [3.8, 4) is 0 Å². The van der Waals surface area contributed by atoms with Crippen molar-refractivity contribution in [1.82, 2.24) is 10.3 Å². The summed E-state index contributed by atoms with van der Waals surface area (Å²) in [6.45, 7) is 0. The van der Waals surface area contributed by atoms with E-state index in [0.29, 0.717) is 23.2 Å². The monoisotopic (exact) mass is 391 g/mol. The third-order valence-electron chi connectivity index (χ3n) is 4.34. The summed E-state index contributed by atoms with van der Waals surface area (Å²) in [6, 6.07) is 16.4. The van der Waals surface area contributed by atoms with Crippen molar-refractivity contribution in [1.29, 1.82) is 0 Å². The molecule has 2 aromatic carbocycles. The quantitative estimate of drug-likeness (QED) is 0.467. The first-order chi connectivity index (χ1) is 14.1. The SMILES string of the molecule is O=C(NC(Cc1ccccc1)C(=O)Nc1ccc2oc(=O)[nH]c2c1)c1ccco1. The Morgan fingerprint density at radius 2 is 1.86 bits per heavy atom. The minimum Gasteiger partial charge on any atom is -0.459 e. The number of hydrogen-bond acceptors (Lipinski definition) is 5. The fourth-order valence-corrected chi connectivity index (χ4v) is 2.96. The van der Waals surface area contributed by atoms with E-state index in [-0.39, 0.29) is 5.76 Å². The molecule has 0 aliphatic heterocycles. The van der Waals surface area contributed by atoms with E-state index in [1.54, 1.807) is 24.3 Å². The normalized spacial score (nSPS) is 11.9. The van der Waals surface area contributed by atoms with Gasteiger partial charge in [-0.1, -0.05) is 30.3 Å². The van der Waals surface area contributed by atoms with Crippen LogP contribution in [0.4, 0.5) is 5.69 Å². The smallest absolute Gasteiger partial charge is 0.417 e. The predicted octanol–water partition coefficient (Wildman–Crippen LogP) is 2.69. The molecule has 1 unspecified atom stereocenters. The number of oxazole rings is 1. The van der Waals surface area contributed by atoms with E-state index in [4.69, 9.17) is 8.83 Å². The number of H-pyrrole nitrogens is 1. The molecule has 0 saturated carbocycles. The van der Waals surface area contributed by atoms with E-state index in [9.17, 15) is 14.4 Å². The van der Waals surface area contributed by atoms with Crippen LogP contribution in [0.2, 0.25) is 0 Å². The lowest BCUT2D eigenvalue weighted by molar-refractivity contribution is -0.118. The van der Waals surface area contributed by atoms with Gasteiger partial charge in [0.15, 0.2) is 11.3 Å². The van der Waals surface area contributed by atoms with Crippen LogP contribution < -0.4 is 16.4 Å². The van der Waals surface area contributed by atoms with Crippen LogP contribution in [0.3, 0.4) is 0 Å². The van der Waals surface area contributed by atoms with Gasteiger partial charge in [0.2, 0.25) is 5.91 Å². The fraction of sp³-hybridized carbons (Fsp3) is 0.0952. The van der Waals surface area contributed by atoms with Crippen molar-refractivity contribution in [3.63, 3.8) is 0 Å². The first-order valence-corrected chi connectivity index (χ1v) is 8.90. The molecule has 8 nitrogen and oxygen atoms in total. The lowest BCUT2D eigenvalue weighted by atomic mass is 10.0. The number of fused-ring (bicyclic) bond motifs is 1. The number of nitrogens with one attached hydrogen (secondary N) is 3. The van der Waals surface area contributed by atoms with E-state index in [2.05, 4.69) is 15.6 Å². The van der Waals surface area contributed by atoms with Crippen molar-refractivity contribution in [3.05, 3.63) is 88.8 Å². The third kappa shape index (κ3) is 4.27. The summed E-state index contributed by atoms with van der Waals surface area (Å²) in [7, 11) is 0. The molecule has 4 rings (SSSR count). The van der Waals surface area contributed by atoms with Crippen molar-refractivity contribution >= 4 is 28.6 Å². The number of aromatic nitrogens is 1. The number of carbonyl (C=O) groups is 2. The molecule has 4 aromatic rings. The number of amides is 2. The lowest BCUT2D eigenvalue weighted by Crippen LogP contribution is -2.45. The van der Waals surface area contributed by atoms with E-state index in [0.717, 1.165) is 5.56 Å². The van der Waals surface area contributed by atoms with Crippen LogP contribution in [0.1, 0.15) is 16.1 Å². The molecule has 1 atom stereocenters. The summed E-state index contributed by atoms with van der Waals surface area (Å²) in [5.74, 6) is -1.34. The van der Waals surface area contributed by atoms with Gasteiger partial charge in [-0.05, 0) is 35.9 Å². The molecule has 0 fully saturated rings. The molecule has 2 heterocycles. The number of benzene rings is 2. The van der Waals surface area contributed by atoms with Gasteiger partial charge >= 0.3 is 5.76 Å². The second kappa shape index (κ2) is 7.89. The van der Waals surface area contributed by atoms with Crippen LogP contribution in [0, 0.1) is 0 Å². The average Bonchev–Trinajstić information content (AvgIpc) is 3.37. The molecular weight excluding hydrogens is 374 g/mol. The largest absolute Gasteiger partial charge is 0.459 e. The molecule has 8 heteroatoms. The predicted molar refractivity (Wildman–Crippen MR) is 106 cm³/mol. The second-order valence-corrected chi connectivity index (χ2v) is 6.41. The maximum atomic E-state index is 12.9. The van der Waals surface area contributed by atoms with Gasteiger partial charge in [-0.15, -0.1) is 0 Å². The van der Waals surface area contributed by atoms with E-state index in [1.165, 1.54) is 12.3 Å². The first-order valence-electron chi connectivity index (χ1n) is 8.90. The number of rotatable bonds is 6. The average molecular weight is 391 g/mol. The van der Waals surface area contributed by atoms with Gasteiger partial charge in [-0.2, -0.15) is 0 Å². The summed E-state index contributed by atoms with van der Waals surface area (Å²) in [5, 5.41) is 5.47. The molecule has 3 N–H and O–H groups in total. The van der Waals surface area contributed by atoms with Gasteiger partial charge in [0.05, 0.1) is 11.8 Å². The number of carbonyl (C=O) groups excluding carboxylic acids is 2. The molecule has 0 bridgehead atoms. The summed E-state index contributed by atoms with van der Waals surface area (Å²) in [6.07, 6.45) is 1.69. The van der Waals surface area contributed by atoms with Crippen LogP contribution in [0.25, 0.3) is 11.1 Å². The Hall–Kier alpha value is -4.07. The molecule has 0 saturated heterocycles. The summed E-state index contributed by atoms with van der Waals surface area (Å²) in [4.78, 5) is 39.2. The summed E-state index contributed by atoms with van der Waals surface area (Å²) in [5.41, 5.74) is 2.21. The van der Waals surface area contributed by atoms with Gasteiger partial charge in [-0.3, -0.25) is 14.6 Å². The highest BCUT2D eigenvalue weighted by Crippen LogP contribution is 2.17. The van der Waals surface area contributed by atoms with Gasteiger partial charge in [0, 0.05) is 12.1 Å². The molecule has 146 valence electrons. The Labute approximate surface area is 164 Å². The van der Waals surface area contributed by atoms with Crippen LogP contribution in [-0.4, -0.2) is 22.8 Å². The van der Waals surface area contributed by atoms with Crippen LogP contribution in [0.15, 0.2) is 80.6 Å². The zero-order valence-electron chi connectivity index (χ0n) is 15.2. The number of furan rings is 1. The fourth-order valence-electron chi connectivity index (χ4n) is 2.96. The van der Waals surface area contributed by atoms with Crippen molar-refractivity contribution in [2.24, 2.45) is 0 Å². The Morgan fingerprint density at radius 1 is 1.03 bits per heavy atom. The van der Waals surface area contributed by atoms with E-state index in [1.807, 2.05) is 30.3 Å². The summed E-state index contributed by atoms with van der Waals surface area (Å²) >= 11 is 0. The van der Waals surface area contributed by atoms with Crippen LogP contribution >= 0.6 is 0 Å². The molecule has 0 radical (unpaired) electrons.